The van der Waals surface area contributed by atoms with Crippen molar-refractivity contribution in [3.05, 3.63) is 57.5 Å². The number of rotatable bonds is 4. The van der Waals surface area contributed by atoms with Crippen LogP contribution in [0.15, 0.2) is 35.3 Å². The minimum absolute atomic E-state index is 0.0700. The molecule has 2 heterocycles. The van der Waals surface area contributed by atoms with Gasteiger partial charge in [0, 0.05) is 32.7 Å². The lowest BCUT2D eigenvalue weighted by atomic mass is 9.96. The molecule has 1 aliphatic heterocycles. The average Bonchev–Trinajstić information content (AvgIpc) is 2.65. The van der Waals surface area contributed by atoms with Gasteiger partial charge >= 0.3 is 0 Å². The Hall–Kier alpha value is -2.63. The molecular formula is C20H26N4O2. The fourth-order valence-corrected chi connectivity index (χ4v) is 3.31. The molecule has 6 nitrogen and oxygen atoms in total. The Labute approximate surface area is 153 Å². The lowest BCUT2D eigenvalue weighted by Gasteiger charge is -2.33. The number of anilines is 1. The minimum atomic E-state index is -0.135. The second kappa shape index (κ2) is 7.72. The van der Waals surface area contributed by atoms with Crippen molar-refractivity contribution >= 4 is 11.6 Å². The molecule has 1 aromatic heterocycles. The first-order valence-corrected chi connectivity index (χ1v) is 9.06. The van der Waals surface area contributed by atoms with Crippen LogP contribution in [-0.2, 0) is 18.4 Å². The summed E-state index contributed by atoms with van der Waals surface area (Å²) in [6, 6.07) is 7.85. The number of hydrogen-bond acceptors (Lipinski definition) is 4. The maximum Gasteiger partial charge on any atom is 0.268 e. The maximum atomic E-state index is 12.6. The van der Waals surface area contributed by atoms with Crippen LogP contribution in [0.1, 0.15) is 29.5 Å². The molecule has 0 spiro atoms. The van der Waals surface area contributed by atoms with E-state index in [-0.39, 0.29) is 17.4 Å². The lowest BCUT2D eigenvalue weighted by Crippen LogP contribution is -2.43. The number of amides is 1. The molecule has 0 saturated carbocycles. The number of hydrogen-bond donors (Lipinski definition) is 1. The largest absolute Gasteiger partial charge is 0.369 e. The van der Waals surface area contributed by atoms with E-state index in [1.54, 1.807) is 19.3 Å². The van der Waals surface area contributed by atoms with Gasteiger partial charge in [-0.15, -0.1) is 0 Å². The monoisotopic (exact) mass is 354 g/mol. The van der Waals surface area contributed by atoms with Gasteiger partial charge in [-0.1, -0.05) is 18.2 Å². The number of benzene rings is 1. The summed E-state index contributed by atoms with van der Waals surface area (Å²) < 4.78 is 1.31. The summed E-state index contributed by atoms with van der Waals surface area (Å²) in [5.41, 5.74) is 4.26. The molecule has 1 amide bonds. The van der Waals surface area contributed by atoms with E-state index >= 15 is 0 Å². The van der Waals surface area contributed by atoms with Gasteiger partial charge in [0.2, 0.25) is 5.91 Å². The van der Waals surface area contributed by atoms with E-state index in [9.17, 15) is 9.59 Å². The molecule has 3 rings (SSSR count). The number of aryl methyl sites for hydroxylation is 3. The van der Waals surface area contributed by atoms with Gasteiger partial charge in [-0.3, -0.25) is 9.59 Å². The van der Waals surface area contributed by atoms with Crippen molar-refractivity contribution in [1.29, 1.82) is 0 Å². The summed E-state index contributed by atoms with van der Waals surface area (Å²) in [6.07, 6.45) is 3.49. The van der Waals surface area contributed by atoms with E-state index < -0.39 is 0 Å². The molecule has 0 bridgehead atoms. The van der Waals surface area contributed by atoms with E-state index in [1.165, 1.54) is 15.8 Å². The highest BCUT2D eigenvalue weighted by atomic mass is 16.2. The predicted octanol–water partition coefficient (Wildman–Crippen LogP) is 1.93. The van der Waals surface area contributed by atoms with Crippen LogP contribution in [0.4, 0.5) is 5.69 Å². The second-order valence-corrected chi connectivity index (χ2v) is 7.10. The van der Waals surface area contributed by atoms with Crippen LogP contribution in [0.5, 0.6) is 0 Å². The molecule has 1 aromatic carbocycles. The topological polar surface area (TPSA) is 67.2 Å². The summed E-state index contributed by atoms with van der Waals surface area (Å²) in [7, 11) is 1.63. The Bertz CT molecular complexity index is 859. The molecule has 1 fully saturated rings. The van der Waals surface area contributed by atoms with Gasteiger partial charge in [0.1, 0.15) is 0 Å². The standard InChI is InChI=1S/C20H26N4O2/c1-14-6-7-16(9-15(14)2)11-21-20(26)17-5-4-8-24(13-17)18-10-19(25)23(3)22-12-18/h6-7,9-10,12,17H,4-5,8,11,13H2,1-3H3,(H,21,26)/t17-/m0/s1. The summed E-state index contributed by atoms with van der Waals surface area (Å²) in [6.45, 7) is 6.17. The Morgan fingerprint density at radius 1 is 1.27 bits per heavy atom. The van der Waals surface area contributed by atoms with Crippen LogP contribution >= 0.6 is 0 Å². The molecule has 6 heteroatoms. The highest BCUT2D eigenvalue weighted by Crippen LogP contribution is 2.22. The first-order valence-electron chi connectivity index (χ1n) is 9.06. The first kappa shape index (κ1) is 18.2. The average molecular weight is 354 g/mol. The minimum Gasteiger partial charge on any atom is -0.369 e. The van der Waals surface area contributed by atoms with Crippen molar-refractivity contribution in [2.45, 2.75) is 33.2 Å². The van der Waals surface area contributed by atoms with Gasteiger partial charge in [0.25, 0.3) is 5.56 Å². The second-order valence-electron chi connectivity index (χ2n) is 7.10. The molecule has 1 saturated heterocycles. The van der Waals surface area contributed by atoms with E-state index in [0.717, 1.165) is 30.6 Å². The van der Waals surface area contributed by atoms with Gasteiger partial charge in [0.05, 0.1) is 17.8 Å². The molecule has 26 heavy (non-hydrogen) atoms. The van der Waals surface area contributed by atoms with Crippen molar-refractivity contribution in [2.75, 3.05) is 18.0 Å². The highest BCUT2D eigenvalue weighted by Gasteiger charge is 2.26. The Morgan fingerprint density at radius 3 is 2.81 bits per heavy atom. The van der Waals surface area contributed by atoms with Crippen molar-refractivity contribution in [3.8, 4) is 0 Å². The first-order chi connectivity index (χ1) is 12.4. The number of aromatic nitrogens is 2. The van der Waals surface area contributed by atoms with Gasteiger partial charge in [0.15, 0.2) is 0 Å². The van der Waals surface area contributed by atoms with Crippen molar-refractivity contribution in [2.24, 2.45) is 13.0 Å². The fourth-order valence-electron chi connectivity index (χ4n) is 3.31. The number of nitrogens with one attached hydrogen (secondary N) is 1. The molecule has 1 aliphatic rings. The third-order valence-electron chi connectivity index (χ3n) is 5.15. The molecule has 0 aliphatic carbocycles. The number of nitrogens with zero attached hydrogens (tertiary/aromatic N) is 3. The summed E-state index contributed by atoms with van der Waals surface area (Å²) >= 11 is 0. The van der Waals surface area contributed by atoms with Crippen LogP contribution < -0.4 is 15.8 Å². The van der Waals surface area contributed by atoms with Crippen LogP contribution in [0, 0.1) is 19.8 Å². The summed E-state index contributed by atoms with van der Waals surface area (Å²) in [5, 5.41) is 7.14. The number of piperidine rings is 1. The molecule has 0 radical (unpaired) electrons. The van der Waals surface area contributed by atoms with Crippen LogP contribution in [0.25, 0.3) is 0 Å². The SMILES string of the molecule is Cc1ccc(CNC(=O)[C@H]2CCCN(c3cnn(C)c(=O)c3)C2)cc1C. The van der Waals surface area contributed by atoms with Crippen LogP contribution in [0.3, 0.4) is 0 Å². The zero-order valence-corrected chi connectivity index (χ0v) is 15.7. The normalized spacial score (nSPS) is 17.2. The van der Waals surface area contributed by atoms with E-state index in [0.29, 0.717) is 13.1 Å². The predicted molar refractivity (Wildman–Crippen MR) is 102 cm³/mol. The van der Waals surface area contributed by atoms with Crippen molar-refractivity contribution in [1.82, 2.24) is 15.1 Å². The lowest BCUT2D eigenvalue weighted by molar-refractivity contribution is -0.125. The van der Waals surface area contributed by atoms with E-state index in [1.807, 2.05) is 0 Å². The third kappa shape index (κ3) is 4.12. The quantitative estimate of drug-likeness (QED) is 0.911. The van der Waals surface area contributed by atoms with Crippen LogP contribution in [-0.4, -0.2) is 28.8 Å². The highest BCUT2D eigenvalue weighted by molar-refractivity contribution is 5.79. The Kier molecular flexibility index (Phi) is 5.40. The Morgan fingerprint density at radius 2 is 2.08 bits per heavy atom. The maximum absolute atomic E-state index is 12.6. The summed E-state index contributed by atoms with van der Waals surface area (Å²) in [4.78, 5) is 26.5. The molecule has 1 atom stereocenters. The molecule has 2 aromatic rings. The van der Waals surface area contributed by atoms with Crippen molar-refractivity contribution in [3.63, 3.8) is 0 Å². The van der Waals surface area contributed by atoms with Crippen molar-refractivity contribution < 1.29 is 4.79 Å². The fraction of sp³-hybridized carbons (Fsp3) is 0.450. The number of carbonyl (C=O) groups is 1. The zero-order valence-electron chi connectivity index (χ0n) is 15.7. The van der Waals surface area contributed by atoms with Gasteiger partial charge in [-0.05, 0) is 43.4 Å². The smallest absolute Gasteiger partial charge is 0.268 e. The van der Waals surface area contributed by atoms with E-state index in [4.69, 9.17) is 0 Å². The zero-order chi connectivity index (χ0) is 18.7. The molecular weight excluding hydrogens is 328 g/mol. The van der Waals surface area contributed by atoms with Crippen LogP contribution in [0.2, 0.25) is 0 Å². The Balaban J connectivity index is 1.61. The molecule has 138 valence electrons. The van der Waals surface area contributed by atoms with E-state index in [2.05, 4.69) is 47.4 Å². The van der Waals surface area contributed by atoms with Gasteiger partial charge in [-0.25, -0.2) is 4.68 Å². The molecule has 0 unspecified atom stereocenters. The molecule has 1 N–H and O–H groups in total. The third-order valence-corrected chi connectivity index (χ3v) is 5.15. The van der Waals surface area contributed by atoms with Gasteiger partial charge < -0.3 is 10.2 Å². The number of carbonyl (C=O) groups excluding carboxylic acids is 1. The van der Waals surface area contributed by atoms with Gasteiger partial charge in [-0.2, -0.15) is 5.10 Å². The summed E-state index contributed by atoms with van der Waals surface area (Å²) in [5.74, 6) is 0.00377.